The lowest BCUT2D eigenvalue weighted by Gasteiger charge is -2.27. The number of carbonyl (C=O) groups excluding carboxylic acids is 1. The van der Waals surface area contributed by atoms with Crippen molar-refractivity contribution >= 4 is 5.78 Å². The molecule has 5 nitrogen and oxygen atoms in total. The number of hydrogen-bond acceptors (Lipinski definition) is 5. The Morgan fingerprint density at radius 3 is 2.76 bits per heavy atom. The lowest BCUT2D eigenvalue weighted by Crippen LogP contribution is -2.39. The van der Waals surface area contributed by atoms with Crippen molar-refractivity contribution in [1.82, 2.24) is 4.90 Å². The van der Waals surface area contributed by atoms with Crippen LogP contribution in [0.25, 0.3) is 0 Å². The molecular weight excluding hydrogens is 373 g/mol. The summed E-state index contributed by atoms with van der Waals surface area (Å²) >= 11 is 0. The van der Waals surface area contributed by atoms with E-state index in [1.807, 2.05) is 4.90 Å². The van der Waals surface area contributed by atoms with Crippen molar-refractivity contribution < 1.29 is 23.8 Å². The molecule has 156 valence electrons. The van der Waals surface area contributed by atoms with Crippen LogP contribution in [0.2, 0.25) is 0 Å². The molecule has 1 aliphatic rings. The number of para-hydroxylation sites is 1. The number of aliphatic hydroxyl groups is 1. The number of halogens is 1. The second kappa shape index (κ2) is 10.5. The molecule has 0 saturated carbocycles. The van der Waals surface area contributed by atoms with Gasteiger partial charge in [0.2, 0.25) is 0 Å². The van der Waals surface area contributed by atoms with Crippen LogP contribution in [0.4, 0.5) is 4.39 Å². The molecule has 0 aliphatic carbocycles. The van der Waals surface area contributed by atoms with Crippen LogP contribution in [-0.2, 0) is 11.3 Å². The SMILES string of the molecule is CC(=O)c1ccccc1OCC(O)CN(Cc1ccccc1F)CC1CCCO1. The molecule has 1 saturated heterocycles. The summed E-state index contributed by atoms with van der Waals surface area (Å²) in [6, 6.07) is 13.6. The predicted octanol–water partition coefficient (Wildman–Crippen LogP) is 3.45. The summed E-state index contributed by atoms with van der Waals surface area (Å²) < 4.78 is 25.5. The van der Waals surface area contributed by atoms with E-state index < -0.39 is 6.10 Å². The van der Waals surface area contributed by atoms with Gasteiger partial charge in [0.25, 0.3) is 0 Å². The van der Waals surface area contributed by atoms with E-state index in [9.17, 15) is 14.3 Å². The second-order valence-corrected chi connectivity index (χ2v) is 7.44. The minimum atomic E-state index is -0.789. The molecule has 29 heavy (non-hydrogen) atoms. The number of nitrogens with zero attached hydrogens (tertiary/aromatic N) is 1. The van der Waals surface area contributed by atoms with Crippen LogP contribution in [0.3, 0.4) is 0 Å². The van der Waals surface area contributed by atoms with Gasteiger partial charge in [0.1, 0.15) is 24.3 Å². The topological polar surface area (TPSA) is 59.0 Å². The van der Waals surface area contributed by atoms with E-state index in [0.717, 1.165) is 19.4 Å². The van der Waals surface area contributed by atoms with Crippen LogP contribution in [0.5, 0.6) is 5.75 Å². The fourth-order valence-electron chi connectivity index (χ4n) is 3.57. The third-order valence-electron chi connectivity index (χ3n) is 5.00. The standard InChI is InChI=1S/C23H28FNO4/c1-17(26)21-9-3-5-11-23(21)29-16-19(27)14-25(15-20-8-6-12-28-20)13-18-7-2-4-10-22(18)24/h2-5,7,9-11,19-20,27H,6,8,12-16H2,1H3. The molecule has 0 radical (unpaired) electrons. The van der Waals surface area contributed by atoms with Crippen LogP contribution in [0.15, 0.2) is 48.5 Å². The summed E-state index contributed by atoms with van der Waals surface area (Å²) in [4.78, 5) is 13.7. The largest absolute Gasteiger partial charge is 0.490 e. The average Bonchev–Trinajstić information content (AvgIpc) is 3.21. The summed E-state index contributed by atoms with van der Waals surface area (Å²) in [5.41, 5.74) is 1.07. The fourth-order valence-corrected chi connectivity index (χ4v) is 3.57. The first-order valence-corrected chi connectivity index (χ1v) is 10.0. The molecule has 0 amide bonds. The normalized spacial score (nSPS) is 17.4. The molecular formula is C23H28FNO4. The van der Waals surface area contributed by atoms with Gasteiger partial charge in [-0.1, -0.05) is 30.3 Å². The first-order valence-electron chi connectivity index (χ1n) is 10.0. The number of hydrogen-bond donors (Lipinski definition) is 1. The minimum absolute atomic E-state index is 0.0452. The van der Waals surface area contributed by atoms with Crippen molar-refractivity contribution in [3.05, 3.63) is 65.5 Å². The Bertz CT molecular complexity index is 807. The maximum atomic E-state index is 14.1. The first-order chi connectivity index (χ1) is 14.0. The Kier molecular flexibility index (Phi) is 7.75. The van der Waals surface area contributed by atoms with Crippen LogP contribution in [0, 0.1) is 5.82 Å². The first kappa shape index (κ1) is 21.4. The number of Topliss-reactive ketones (excluding diaryl/α,β-unsaturated/α-hetero) is 1. The monoisotopic (exact) mass is 401 g/mol. The summed E-state index contributed by atoms with van der Waals surface area (Å²) in [5.74, 6) is 0.111. The highest BCUT2D eigenvalue weighted by Gasteiger charge is 2.22. The van der Waals surface area contributed by atoms with Crippen molar-refractivity contribution in [3.63, 3.8) is 0 Å². The Morgan fingerprint density at radius 1 is 1.28 bits per heavy atom. The number of benzene rings is 2. The van der Waals surface area contributed by atoms with E-state index in [4.69, 9.17) is 9.47 Å². The minimum Gasteiger partial charge on any atom is -0.490 e. The summed E-state index contributed by atoms with van der Waals surface area (Å²) in [6.45, 7) is 3.59. The highest BCUT2D eigenvalue weighted by molar-refractivity contribution is 5.96. The number of ketones is 1. The Balaban J connectivity index is 1.61. The van der Waals surface area contributed by atoms with Gasteiger partial charge in [0.05, 0.1) is 11.7 Å². The molecule has 1 fully saturated rings. The molecule has 0 aromatic heterocycles. The molecule has 3 rings (SSSR count). The lowest BCUT2D eigenvalue weighted by molar-refractivity contribution is 0.0308. The zero-order valence-electron chi connectivity index (χ0n) is 16.7. The molecule has 1 heterocycles. The van der Waals surface area contributed by atoms with E-state index in [-0.39, 0.29) is 24.3 Å². The molecule has 2 atom stereocenters. The number of aliphatic hydroxyl groups excluding tert-OH is 1. The number of rotatable bonds is 10. The van der Waals surface area contributed by atoms with E-state index in [2.05, 4.69) is 0 Å². The van der Waals surface area contributed by atoms with Crippen molar-refractivity contribution in [2.45, 2.75) is 38.5 Å². The fraction of sp³-hybridized carbons (Fsp3) is 0.435. The maximum Gasteiger partial charge on any atom is 0.163 e. The third-order valence-corrected chi connectivity index (χ3v) is 5.00. The van der Waals surface area contributed by atoms with Gasteiger partial charge in [-0.05, 0) is 38.0 Å². The van der Waals surface area contributed by atoms with Crippen LogP contribution in [0.1, 0.15) is 35.7 Å². The Labute approximate surface area is 171 Å². The van der Waals surface area contributed by atoms with Gasteiger partial charge in [-0.15, -0.1) is 0 Å². The second-order valence-electron chi connectivity index (χ2n) is 7.44. The van der Waals surface area contributed by atoms with Crippen molar-refractivity contribution in [1.29, 1.82) is 0 Å². The Hall–Kier alpha value is -2.28. The van der Waals surface area contributed by atoms with E-state index in [0.29, 0.717) is 36.5 Å². The zero-order chi connectivity index (χ0) is 20.6. The molecule has 6 heteroatoms. The van der Waals surface area contributed by atoms with E-state index >= 15 is 0 Å². The van der Waals surface area contributed by atoms with Gasteiger partial charge < -0.3 is 14.6 Å². The van der Waals surface area contributed by atoms with E-state index in [1.165, 1.54) is 13.0 Å². The molecule has 2 aromatic rings. The molecule has 1 aliphatic heterocycles. The van der Waals surface area contributed by atoms with Gasteiger partial charge in [0.15, 0.2) is 5.78 Å². The molecule has 2 aromatic carbocycles. The highest BCUT2D eigenvalue weighted by Crippen LogP contribution is 2.20. The molecule has 2 unspecified atom stereocenters. The van der Waals surface area contributed by atoms with Crippen molar-refractivity contribution in [3.8, 4) is 5.75 Å². The van der Waals surface area contributed by atoms with Gasteiger partial charge in [-0.2, -0.15) is 0 Å². The van der Waals surface area contributed by atoms with Crippen LogP contribution < -0.4 is 4.74 Å². The highest BCUT2D eigenvalue weighted by atomic mass is 19.1. The third kappa shape index (κ3) is 6.35. The van der Waals surface area contributed by atoms with Crippen molar-refractivity contribution in [2.75, 3.05) is 26.3 Å². The summed E-state index contributed by atoms with van der Waals surface area (Å²) in [7, 11) is 0. The van der Waals surface area contributed by atoms with Crippen LogP contribution in [-0.4, -0.2) is 54.3 Å². The quantitative estimate of drug-likeness (QED) is 0.618. The number of ether oxygens (including phenoxy) is 2. The average molecular weight is 401 g/mol. The van der Waals surface area contributed by atoms with Gasteiger partial charge in [0, 0.05) is 31.8 Å². The number of carbonyl (C=O) groups is 1. The van der Waals surface area contributed by atoms with Crippen LogP contribution >= 0.6 is 0 Å². The van der Waals surface area contributed by atoms with Gasteiger partial charge in [-0.3, -0.25) is 9.69 Å². The summed E-state index contributed by atoms with van der Waals surface area (Å²) in [6.07, 6.45) is 1.29. The maximum absolute atomic E-state index is 14.1. The zero-order valence-corrected chi connectivity index (χ0v) is 16.7. The summed E-state index contributed by atoms with van der Waals surface area (Å²) in [5, 5.41) is 10.5. The molecule has 0 spiro atoms. The lowest BCUT2D eigenvalue weighted by atomic mass is 10.1. The van der Waals surface area contributed by atoms with Crippen molar-refractivity contribution in [2.24, 2.45) is 0 Å². The van der Waals surface area contributed by atoms with Gasteiger partial charge in [-0.25, -0.2) is 4.39 Å². The Morgan fingerprint density at radius 2 is 2.03 bits per heavy atom. The van der Waals surface area contributed by atoms with E-state index in [1.54, 1.807) is 42.5 Å². The molecule has 1 N–H and O–H groups in total. The molecule has 0 bridgehead atoms. The van der Waals surface area contributed by atoms with Gasteiger partial charge >= 0.3 is 0 Å². The predicted molar refractivity (Wildman–Crippen MR) is 109 cm³/mol. The smallest absolute Gasteiger partial charge is 0.163 e.